The van der Waals surface area contributed by atoms with E-state index in [4.69, 9.17) is 46.4 Å². The predicted molar refractivity (Wildman–Crippen MR) is 128 cm³/mol. The van der Waals surface area contributed by atoms with Gasteiger partial charge in [-0.2, -0.15) is 0 Å². The number of benzene rings is 3. The summed E-state index contributed by atoms with van der Waals surface area (Å²) in [5.74, 6) is 2.91. The molecule has 3 aromatic carbocycles. The molecule has 0 spiro atoms. The van der Waals surface area contributed by atoms with Gasteiger partial charge in [0, 0.05) is 11.6 Å². The molecule has 0 saturated carbocycles. The molecule has 2 nitrogen and oxygen atoms in total. The molecule has 0 atom stereocenters. The van der Waals surface area contributed by atoms with E-state index in [1.54, 1.807) is 18.2 Å². The van der Waals surface area contributed by atoms with Crippen LogP contribution in [0.25, 0.3) is 10.1 Å². The summed E-state index contributed by atoms with van der Waals surface area (Å²) < 4.78 is 13.9. The fourth-order valence-electron chi connectivity index (χ4n) is 2.56. The standard InChI is InChI=1S/C22H16Cl4NOP/c23-18-12-7-13-19(24)22(18)27-29(28,14-20(25)16-8-3-1-4-9-16)15-21(26)17-10-5-2-6-11-17/h1-15H,(H,27,28). The van der Waals surface area contributed by atoms with Crippen LogP contribution in [-0.2, 0) is 4.57 Å². The summed E-state index contributed by atoms with van der Waals surface area (Å²) in [6, 6.07) is 23.5. The molecule has 0 unspecified atom stereocenters. The Bertz CT molecular complexity index is 1020. The third-order valence-corrected chi connectivity index (χ3v) is 7.40. The lowest BCUT2D eigenvalue weighted by Crippen LogP contribution is -1.96. The lowest BCUT2D eigenvalue weighted by atomic mass is 10.2. The zero-order chi connectivity index (χ0) is 20.9. The number of halogens is 4. The molecule has 148 valence electrons. The molecule has 0 heterocycles. The Morgan fingerprint density at radius 2 is 1.10 bits per heavy atom. The van der Waals surface area contributed by atoms with Gasteiger partial charge in [-0.15, -0.1) is 0 Å². The molecule has 0 saturated heterocycles. The maximum absolute atomic E-state index is 13.9. The van der Waals surface area contributed by atoms with Crippen molar-refractivity contribution in [1.29, 1.82) is 0 Å². The highest BCUT2D eigenvalue weighted by Gasteiger charge is 2.22. The maximum Gasteiger partial charge on any atom is 0.216 e. The molecule has 0 aliphatic rings. The van der Waals surface area contributed by atoms with Crippen molar-refractivity contribution in [3.63, 3.8) is 0 Å². The molecule has 0 amide bonds. The number of rotatable bonds is 6. The minimum absolute atomic E-state index is 0.318. The first-order valence-corrected chi connectivity index (χ1v) is 11.9. The number of nitrogens with one attached hydrogen (secondary N) is 1. The normalized spacial score (nSPS) is 14.3. The van der Waals surface area contributed by atoms with Gasteiger partial charge < -0.3 is 5.09 Å². The van der Waals surface area contributed by atoms with E-state index in [-0.39, 0.29) is 0 Å². The molecule has 0 bridgehead atoms. The Hall–Kier alpha value is -1.67. The van der Waals surface area contributed by atoms with E-state index >= 15 is 0 Å². The average Bonchev–Trinajstić information content (AvgIpc) is 2.72. The van der Waals surface area contributed by atoms with Gasteiger partial charge in [0.2, 0.25) is 7.29 Å². The fourth-order valence-corrected chi connectivity index (χ4v) is 6.07. The lowest BCUT2D eigenvalue weighted by Gasteiger charge is -2.18. The molecule has 7 heteroatoms. The zero-order valence-corrected chi connectivity index (χ0v) is 18.9. The van der Waals surface area contributed by atoms with Crippen molar-refractivity contribution in [2.75, 3.05) is 5.09 Å². The van der Waals surface area contributed by atoms with Gasteiger partial charge in [-0.05, 0) is 23.3 Å². The Balaban J connectivity index is 2.09. The van der Waals surface area contributed by atoms with E-state index in [1.165, 1.54) is 11.6 Å². The summed E-state index contributed by atoms with van der Waals surface area (Å²) in [7, 11) is -3.45. The number of para-hydroxylation sites is 1. The van der Waals surface area contributed by atoms with E-state index in [1.807, 2.05) is 60.7 Å². The highest BCUT2D eigenvalue weighted by Crippen LogP contribution is 2.55. The first-order valence-electron chi connectivity index (χ1n) is 8.57. The van der Waals surface area contributed by atoms with Crippen LogP contribution in [0.4, 0.5) is 5.69 Å². The van der Waals surface area contributed by atoms with Crippen molar-refractivity contribution >= 4 is 69.4 Å². The Labute approximate surface area is 190 Å². The fraction of sp³-hybridized carbons (Fsp3) is 0. The quantitative estimate of drug-likeness (QED) is 0.355. The van der Waals surface area contributed by atoms with Crippen molar-refractivity contribution < 1.29 is 4.57 Å². The van der Waals surface area contributed by atoms with Gasteiger partial charge in [-0.1, -0.05) is 113 Å². The summed E-state index contributed by atoms with van der Waals surface area (Å²) in [6.45, 7) is 0. The first-order chi connectivity index (χ1) is 13.9. The van der Waals surface area contributed by atoms with Crippen molar-refractivity contribution in [2.45, 2.75) is 0 Å². The van der Waals surface area contributed by atoms with Crippen LogP contribution < -0.4 is 5.09 Å². The molecule has 0 aromatic heterocycles. The summed E-state index contributed by atoms with van der Waals surface area (Å²) in [4.78, 5) is 0. The molecule has 3 aromatic rings. The summed E-state index contributed by atoms with van der Waals surface area (Å²) in [5.41, 5.74) is 1.80. The molecule has 29 heavy (non-hydrogen) atoms. The van der Waals surface area contributed by atoms with E-state index in [2.05, 4.69) is 5.09 Å². The van der Waals surface area contributed by atoms with E-state index < -0.39 is 7.29 Å². The largest absolute Gasteiger partial charge is 0.328 e. The molecule has 0 fully saturated rings. The average molecular weight is 483 g/mol. The van der Waals surface area contributed by atoms with Gasteiger partial charge in [0.1, 0.15) is 0 Å². The van der Waals surface area contributed by atoms with Crippen LogP contribution in [0.2, 0.25) is 10.0 Å². The number of anilines is 1. The van der Waals surface area contributed by atoms with E-state index in [0.717, 1.165) is 11.1 Å². The second-order valence-electron chi connectivity index (χ2n) is 6.10. The van der Waals surface area contributed by atoms with E-state index in [9.17, 15) is 4.57 Å². The second-order valence-corrected chi connectivity index (χ2v) is 9.89. The maximum atomic E-state index is 13.9. The minimum Gasteiger partial charge on any atom is -0.328 e. The number of hydrogen-bond donors (Lipinski definition) is 1. The molecule has 0 aliphatic heterocycles. The van der Waals surface area contributed by atoms with Gasteiger partial charge in [0.25, 0.3) is 0 Å². The van der Waals surface area contributed by atoms with Gasteiger partial charge in [-0.25, -0.2) is 0 Å². The smallest absolute Gasteiger partial charge is 0.216 e. The van der Waals surface area contributed by atoms with Crippen molar-refractivity contribution in [2.24, 2.45) is 0 Å². The summed E-state index contributed by atoms with van der Waals surface area (Å²) in [6.07, 6.45) is 0. The second kappa shape index (κ2) is 9.89. The molecule has 3 rings (SSSR count). The van der Waals surface area contributed by atoms with Crippen LogP contribution in [-0.4, -0.2) is 0 Å². The monoisotopic (exact) mass is 481 g/mol. The Morgan fingerprint density at radius 1 is 0.690 bits per heavy atom. The van der Waals surface area contributed by atoms with Gasteiger partial charge in [-0.3, -0.25) is 4.57 Å². The minimum atomic E-state index is -3.45. The van der Waals surface area contributed by atoms with Crippen LogP contribution in [0.1, 0.15) is 11.1 Å². The predicted octanol–water partition coefficient (Wildman–Crippen LogP) is 9.16. The van der Waals surface area contributed by atoms with Crippen molar-refractivity contribution in [1.82, 2.24) is 0 Å². The van der Waals surface area contributed by atoms with Gasteiger partial charge in [0.15, 0.2) is 0 Å². The molecule has 0 aliphatic carbocycles. The zero-order valence-electron chi connectivity index (χ0n) is 15.0. The highest BCUT2D eigenvalue weighted by atomic mass is 35.5. The highest BCUT2D eigenvalue weighted by molar-refractivity contribution is 7.72. The summed E-state index contributed by atoms with van der Waals surface area (Å²) >= 11 is 25.5. The number of hydrogen-bond acceptors (Lipinski definition) is 1. The Kier molecular flexibility index (Phi) is 7.51. The SMILES string of the molecule is O=P(C=C(Cl)c1ccccc1)(C=C(Cl)c1ccccc1)Nc1c(Cl)cccc1Cl. The van der Waals surface area contributed by atoms with Crippen LogP contribution in [0.5, 0.6) is 0 Å². The van der Waals surface area contributed by atoms with Crippen molar-refractivity contribution in [3.8, 4) is 0 Å². The van der Waals surface area contributed by atoms with Crippen LogP contribution in [0, 0.1) is 0 Å². The van der Waals surface area contributed by atoms with Gasteiger partial charge in [0.05, 0.1) is 25.8 Å². The van der Waals surface area contributed by atoms with Crippen LogP contribution in [0.3, 0.4) is 0 Å². The van der Waals surface area contributed by atoms with Gasteiger partial charge >= 0.3 is 0 Å². The topological polar surface area (TPSA) is 29.1 Å². The third kappa shape index (κ3) is 5.92. The molecule has 1 N–H and O–H groups in total. The molecular formula is C22H16Cl4NOP. The summed E-state index contributed by atoms with van der Waals surface area (Å²) in [5, 5.41) is 4.28. The van der Waals surface area contributed by atoms with E-state index in [0.29, 0.717) is 25.8 Å². The molecular weight excluding hydrogens is 467 g/mol. The molecule has 0 radical (unpaired) electrons. The first kappa shape index (κ1) is 22.0. The van der Waals surface area contributed by atoms with Crippen LogP contribution >= 0.6 is 53.7 Å². The lowest BCUT2D eigenvalue weighted by molar-refractivity contribution is 0.589. The van der Waals surface area contributed by atoms with Crippen LogP contribution in [0.15, 0.2) is 90.5 Å². The van der Waals surface area contributed by atoms with Crippen molar-refractivity contribution in [3.05, 3.63) is 112 Å². The third-order valence-electron chi connectivity index (χ3n) is 3.96. The Morgan fingerprint density at radius 3 is 1.52 bits per heavy atom.